The lowest BCUT2D eigenvalue weighted by atomic mass is 9.54. The highest BCUT2D eigenvalue weighted by molar-refractivity contribution is 5.03. The summed E-state index contributed by atoms with van der Waals surface area (Å²) in [4.78, 5) is 0. The zero-order chi connectivity index (χ0) is 19.5. The van der Waals surface area contributed by atoms with Crippen LogP contribution in [0.25, 0.3) is 0 Å². The van der Waals surface area contributed by atoms with Crippen LogP contribution in [-0.4, -0.2) is 71.6 Å². The Kier molecular flexibility index (Phi) is 9.98. The second kappa shape index (κ2) is 12.5. The van der Waals surface area contributed by atoms with Gasteiger partial charge in [0.15, 0.2) is 0 Å². The highest BCUT2D eigenvalue weighted by Crippen LogP contribution is 2.57. The van der Waals surface area contributed by atoms with Crippen LogP contribution in [0.4, 0.5) is 0 Å². The number of hydrogen-bond acceptors (Lipinski definition) is 6. The maximum atomic E-state index is 6.35. The molecule has 0 aliphatic heterocycles. The number of ether oxygens (including phenoxy) is 5. The minimum atomic E-state index is 0.195. The topological polar surface area (TPSA) is 72.2 Å². The van der Waals surface area contributed by atoms with Gasteiger partial charge in [-0.1, -0.05) is 0 Å². The molecule has 2 N–H and O–H groups in total. The molecule has 4 rings (SSSR count). The largest absolute Gasteiger partial charge is 0.379 e. The summed E-state index contributed by atoms with van der Waals surface area (Å²) >= 11 is 0. The van der Waals surface area contributed by atoms with E-state index in [9.17, 15) is 0 Å². The average molecular weight is 400 g/mol. The molecule has 0 aromatic rings. The van der Waals surface area contributed by atoms with Gasteiger partial charge in [-0.05, 0) is 75.7 Å². The minimum Gasteiger partial charge on any atom is -0.379 e. The summed E-state index contributed by atoms with van der Waals surface area (Å²) in [6.45, 7) is 6.56. The monoisotopic (exact) mass is 399 g/mol. The van der Waals surface area contributed by atoms with Crippen LogP contribution >= 0.6 is 0 Å². The third-order valence-corrected chi connectivity index (χ3v) is 6.48. The molecular weight excluding hydrogens is 358 g/mol. The molecule has 164 valence electrons. The van der Waals surface area contributed by atoms with E-state index < -0.39 is 0 Å². The molecule has 0 atom stereocenters. The molecule has 6 heteroatoms. The normalized spacial score (nSPS) is 31.0. The van der Waals surface area contributed by atoms with Crippen LogP contribution in [0.5, 0.6) is 0 Å². The Balaban J connectivity index is 1.07. The first-order chi connectivity index (χ1) is 13.8. The van der Waals surface area contributed by atoms with Gasteiger partial charge in [-0.25, -0.2) is 0 Å². The molecule has 4 aliphatic rings. The zero-order valence-electron chi connectivity index (χ0n) is 17.6. The van der Waals surface area contributed by atoms with E-state index in [-0.39, 0.29) is 5.60 Å². The molecule has 0 spiro atoms. The fraction of sp³-hybridized carbons (Fsp3) is 1.00. The third-order valence-electron chi connectivity index (χ3n) is 6.48. The molecule has 0 unspecified atom stereocenters. The van der Waals surface area contributed by atoms with Crippen LogP contribution in [0.15, 0.2) is 0 Å². The van der Waals surface area contributed by atoms with Crippen molar-refractivity contribution in [2.45, 2.75) is 57.0 Å². The number of rotatable bonds is 17. The standard InChI is InChI=1S/C22H41NO5/c23-3-1-2-4-24-5-6-25-7-8-26-9-10-27-11-12-28-22-16-19-13-20(17-22)15-21(14-19)18-22/h19-21H,1-18,23H2. The maximum absolute atomic E-state index is 6.35. The number of hydrogen-bond donors (Lipinski definition) is 1. The van der Waals surface area contributed by atoms with Crippen molar-refractivity contribution >= 4 is 0 Å². The Morgan fingerprint density at radius 3 is 1.46 bits per heavy atom. The Hall–Kier alpha value is -0.240. The van der Waals surface area contributed by atoms with Gasteiger partial charge in [-0.15, -0.1) is 0 Å². The Morgan fingerprint density at radius 2 is 1.00 bits per heavy atom. The number of unbranched alkanes of at least 4 members (excludes halogenated alkanes) is 1. The number of nitrogens with two attached hydrogens (primary N) is 1. The SMILES string of the molecule is NCCCCOCCOCCOCCOCCOC12CC3CC(CC(C3)C1)C2. The maximum Gasteiger partial charge on any atom is 0.0708 e. The first-order valence-corrected chi connectivity index (χ1v) is 11.4. The summed E-state index contributed by atoms with van der Waals surface area (Å²) in [5, 5.41) is 0. The van der Waals surface area contributed by atoms with E-state index in [0.717, 1.165) is 50.4 Å². The molecule has 0 saturated heterocycles. The highest BCUT2D eigenvalue weighted by atomic mass is 16.6. The summed E-state index contributed by atoms with van der Waals surface area (Å²) in [7, 11) is 0. The van der Waals surface area contributed by atoms with Gasteiger partial charge in [0.25, 0.3) is 0 Å². The lowest BCUT2D eigenvalue weighted by Crippen LogP contribution is -2.52. The molecule has 4 bridgehead atoms. The van der Waals surface area contributed by atoms with Gasteiger partial charge < -0.3 is 29.4 Å². The lowest BCUT2D eigenvalue weighted by molar-refractivity contribution is -0.169. The summed E-state index contributed by atoms with van der Waals surface area (Å²) in [6.07, 6.45) is 10.3. The first-order valence-electron chi connectivity index (χ1n) is 11.4. The molecular formula is C22H41NO5. The molecule has 0 heterocycles. The Morgan fingerprint density at radius 1 is 0.571 bits per heavy atom. The van der Waals surface area contributed by atoms with Crippen LogP contribution < -0.4 is 5.73 Å². The van der Waals surface area contributed by atoms with Crippen LogP contribution in [0.2, 0.25) is 0 Å². The van der Waals surface area contributed by atoms with Crippen LogP contribution in [-0.2, 0) is 23.7 Å². The van der Waals surface area contributed by atoms with Crippen molar-refractivity contribution in [2.24, 2.45) is 23.5 Å². The lowest BCUT2D eigenvalue weighted by Gasteiger charge is -2.56. The Labute approximate surface area is 170 Å². The molecule has 4 aliphatic carbocycles. The minimum absolute atomic E-state index is 0.195. The molecule has 0 aromatic heterocycles. The van der Waals surface area contributed by atoms with Crippen molar-refractivity contribution in [2.75, 3.05) is 66.0 Å². The van der Waals surface area contributed by atoms with Crippen LogP contribution in [0.1, 0.15) is 51.4 Å². The van der Waals surface area contributed by atoms with Crippen molar-refractivity contribution in [3.05, 3.63) is 0 Å². The smallest absolute Gasteiger partial charge is 0.0708 e. The van der Waals surface area contributed by atoms with Gasteiger partial charge >= 0.3 is 0 Å². The second-order valence-electron chi connectivity index (χ2n) is 8.89. The zero-order valence-corrected chi connectivity index (χ0v) is 17.6. The molecule has 0 amide bonds. The average Bonchev–Trinajstić information content (AvgIpc) is 2.66. The van der Waals surface area contributed by atoms with Gasteiger partial charge in [-0.2, -0.15) is 0 Å². The van der Waals surface area contributed by atoms with E-state index in [1.54, 1.807) is 0 Å². The Bertz CT molecular complexity index is 384. The van der Waals surface area contributed by atoms with E-state index >= 15 is 0 Å². The van der Waals surface area contributed by atoms with E-state index in [2.05, 4.69) is 0 Å². The van der Waals surface area contributed by atoms with E-state index in [4.69, 9.17) is 29.4 Å². The van der Waals surface area contributed by atoms with Gasteiger partial charge in [0.05, 0.1) is 58.5 Å². The van der Waals surface area contributed by atoms with E-state index in [1.807, 2.05) is 0 Å². The molecule has 4 saturated carbocycles. The summed E-state index contributed by atoms with van der Waals surface area (Å²) in [5.74, 6) is 2.81. The molecule has 4 fully saturated rings. The quantitative estimate of drug-likeness (QED) is 0.379. The van der Waals surface area contributed by atoms with Crippen LogP contribution in [0, 0.1) is 17.8 Å². The summed E-state index contributed by atoms with van der Waals surface area (Å²) < 4.78 is 28.5. The van der Waals surface area contributed by atoms with Crippen LogP contribution in [0.3, 0.4) is 0 Å². The fourth-order valence-corrected chi connectivity index (χ4v) is 5.64. The summed E-state index contributed by atoms with van der Waals surface area (Å²) in [6, 6.07) is 0. The second-order valence-corrected chi connectivity index (χ2v) is 8.89. The van der Waals surface area contributed by atoms with Gasteiger partial charge in [-0.3, -0.25) is 0 Å². The summed E-state index contributed by atoms with van der Waals surface area (Å²) in [5.41, 5.74) is 5.62. The highest BCUT2D eigenvalue weighted by Gasteiger charge is 2.51. The fourth-order valence-electron chi connectivity index (χ4n) is 5.64. The van der Waals surface area contributed by atoms with Crippen molar-refractivity contribution in [3.63, 3.8) is 0 Å². The molecule has 6 nitrogen and oxygen atoms in total. The van der Waals surface area contributed by atoms with Gasteiger partial charge in [0.2, 0.25) is 0 Å². The predicted molar refractivity (Wildman–Crippen MR) is 108 cm³/mol. The third kappa shape index (κ3) is 7.54. The van der Waals surface area contributed by atoms with Gasteiger partial charge in [0.1, 0.15) is 0 Å². The molecule has 0 aromatic carbocycles. The van der Waals surface area contributed by atoms with Crippen molar-refractivity contribution in [3.8, 4) is 0 Å². The molecule has 0 radical (unpaired) electrons. The van der Waals surface area contributed by atoms with E-state index in [0.29, 0.717) is 46.2 Å². The van der Waals surface area contributed by atoms with Crippen molar-refractivity contribution in [1.29, 1.82) is 0 Å². The molecule has 28 heavy (non-hydrogen) atoms. The first kappa shape index (κ1) is 22.4. The van der Waals surface area contributed by atoms with Crippen molar-refractivity contribution < 1.29 is 23.7 Å². The van der Waals surface area contributed by atoms with Crippen molar-refractivity contribution in [1.82, 2.24) is 0 Å². The van der Waals surface area contributed by atoms with Gasteiger partial charge in [0, 0.05) is 6.61 Å². The predicted octanol–water partition coefficient (Wildman–Crippen LogP) is 2.78. The van der Waals surface area contributed by atoms with E-state index in [1.165, 1.54) is 38.5 Å².